The summed E-state index contributed by atoms with van der Waals surface area (Å²) in [6.07, 6.45) is 5.81. The first-order chi connectivity index (χ1) is 13.7. The second-order valence-corrected chi connectivity index (χ2v) is 7.17. The summed E-state index contributed by atoms with van der Waals surface area (Å²) in [4.78, 5) is 23.5. The van der Waals surface area contributed by atoms with Gasteiger partial charge in [-0.3, -0.25) is 14.8 Å². The number of halogens is 1. The minimum atomic E-state index is -0.255. The van der Waals surface area contributed by atoms with Gasteiger partial charge in [0.15, 0.2) is 0 Å². The fraction of sp³-hybridized carbons (Fsp3) is 0.261. The Balaban J connectivity index is 1.48. The molecular weight excluding hydrogens is 353 g/mol. The number of nitrogens with zero attached hydrogens (tertiary/aromatic N) is 3. The van der Waals surface area contributed by atoms with E-state index in [0.717, 1.165) is 41.9 Å². The van der Waals surface area contributed by atoms with Crippen molar-refractivity contribution in [2.75, 3.05) is 13.1 Å². The number of carbonyl (C=O) groups excluding carboxylic acids is 1. The normalized spacial score (nSPS) is 16.8. The molecule has 0 N–H and O–H groups in total. The Morgan fingerprint density at radius 1 is 1.11 bits per heavy atom. The van der Waals surface area contributed by atoms with Gasteiger partial charge in [0.05, 0.1) is 12.1 Å². The van der Waals surface area contributed by atoms with Gasteiger partial charge in [-0.15, -0.1) is 0 Å². The largest absolute Gasteiger partial charge is 0.342 e. The second kappa shape index (κ2) is 8.30. The molecule has 4 nitrogen and oxygen atoms in total. The van der Waals surface area contributed by atoms with Gasteiger partial charge < -0.3 is 4.90 Å². The fourth-order valence-electron chi connectivity index (χ4n) is 3.69. The molecule has 1 fully saturated rings. The van der Waals surface area contributed by atoms with E-state index in [1.54, 1.807) is 24.5 Å². The first kappa shape index (κ1) is 18.3. The molecule has 0 aliphatic carbocycles. The van der Waals surface area contributed by atoms with Crippen LogP contribution >= 0.6 is 0 Å². The molecule has 1 aliphatic rings. The fourth-order valence-corrected chi connectivity index (χ4v) is 3.69. The minimum Gasteiger partial charge on any atom is -0.342 e. The number of rotatable bonds is 4. The number of hydrogen-bond acceptors (Lipinski definition) is 3. The van der Waals surface area contributed by atoms with Gasteiger partial charge in [-0.05, 0) is 60.9 Å². The van der Waals surface area contributed by atoms with Crippen molar-refractivity contribution >= 4 is 5.91 Å². The van der Waals surface area contributed by atoms with Crippen molar-refractivity contribution in [1.29, 1.82) is 0 Å². The maximum Gasteiger partial charge on any atom is 0.227 e. The molecule has 1 amide bonds. The highest BCUT2D eigenvalue weighted by molar-refractivity contribution is 5.78. The number of pyridine rings is 2. The Bertz CT molecular complexity index is 944. The van der Waals surface area contributed by atoms with E-state index in [0.29, 0.717) is 13.0 Å². The van der Waals surface area contributed by atoms with Crippen LogP contribution in [0.3, 0.4) is 0 Å². The number of aromatic nitrogens is 2. The van der Waals surface area contributed by atoms with Crippen molar-refractivity contribution in [2.45, 2.75) is 25.2 Å². The highest BCUT2D eigenvalue weighted by Gasteiger charge is 2.25. The van der Waals surface area contributed by atoms with Crippen molar-refractivity contribution in [3.05, 3.63) is 84.1 Å². The molecule has 5 heteroatoms. The lowest BCUT2D eigenvalue weighted by molar-refractivity contribution is -0.131. The molecule has 0 bridgehead atoms. The van der Waals surface area contributed by atoms with Gasteiger partial charge in [0, 0.05) is 42.7 Å². The zero-order valence-electron chi connectivity index (χ0n) is 15.6. The van der Waals surface area contributed by atoms with Gasteiger partial charge in [0.1, 0.15) is 5.82 Å². The van der Waals surface area contributed by atoms with E-state index < -0.39 is 0 Å². The lowest BCUT2D eigenvalue weighted by atomic mass is 9.93. The van der Waals surface area contributed by atoms with E-state index in [2.05, 4.69) is 4.98 Å². The molecule has 0 spiro atoms. The molecule has 1 aliphatic heterocycles. The van der Waals surface area contributed by atoms with E-state index in [9.17, 15) is 9.18 Å². The Labute approximate surface area is 164 Å². The first-order valence-electron chi connectivity index (χ1n) is 9.58. The van der Waals surface area contributed by atoms with Crippen LogP contribution in [0.5, 0.6) is 0 Å². The Morgan fingerprint density at radius 2 is 1.96 bits per heavy atom. The van der Waals surface area contributed by atoms with Crippen LogP contribution in [0, 0.1) is 5.82 Å². The van der Waals surface area contributed by atoms with Crippen LogP contribution in [0.4, 0.5) is 4.39 Å². The SMILES string of the molecule is O=C(Cc1cccnc1)N1CCC[C@@H](c2cccc(-c3ccc(F)cc3)n2)C1. The molecule has 142 valence electrons. The summed E-state index contributed by atoms with van der Waals surface area (Å²) in [5.41, 5.74) is 3.65. The maximum atomic E-state index is 13.2. The highest BCUT2D eigenvalue weighted by atomic mass is 19.1. The summed E-state index contributed by atoms with van der Waals surface area (Å²) < 4.78 is 13.2. The minimum absolute atomic E-state index is 0.132. The van der Waals surface area contributed by atoms with Crippen LogP contribution in [-0.4, -0.2) is 33.9 Å². The van der Waals surface area contributed by atoms with E-state index in [1.165, 1.54) is 12.1 Å². The Hall–Kier alpha value is -3.08. The summed E-state index contributed by atoms with van der Waals surface area (Å²) in [5.74, 6) is 0.0920. The van der Waals surface area contributed by atoms with E-state index in [1.807, 2.05) is 35.2 Å². The van der Waals surface area contributed by atoms with Crippen molar-refractivity contribution in [2.24, 2.45) is 0 Å². The third-order valence-corrected chi connectivity index (χ3v) is 5.18. The van der Waals surface area contributed by atoms with E-state index >= 15 is 0 Å². The first-order valence-corrected chi connectivity index (χ1v) is 9.58. The molecule has 0 unspecified atom stereocenters. The third-order valence-electron chi connectivity index (χ3n) is 5.18. The summed E-state index contributed by atoms with van der Waals surface area (Å²) in [6.45, 7) is 1.46. The average Bonchev–Trinajstić information content (AvgIpc) is 2.75. The number of benzene rings is 1. The molecule has 1 atom stereocenters. The molecule has 3 heterocycles. The summed E-state index contributed by atoms with van der Waals surface area (Å²) in [5, 5.41) is 0. The molecule has 3 aromatic rings. The maximum absolute atomic E-state index is 13.2. The van der Waals surface area contributed by atoms with Gasteiger partial charge in [-0.25, -0.2) is 4.39 Å². The van der Waals surface area contributed by atoms with E-state index in [-0.39, 0.29) is 17.6 Å². The second-order valence-electron chi connectivity index (χ2n) is 7.17. The Morgan fingerprint density at radius 3 is 2.75 bits per heavy atom. The number of carbonyl (C=O) groups is 1. The number of likely N-dealkylation sites (tertiary alicyclic amines) is 1. The predicted molar refractivity (Wildman–Crippen MR) is 106 cm³/mol. The predicted octanol–water partition coefficient (Wildman–Crippen LogP) is 4.23. The van der Waals surface area contributed by atoms with Crippen LogP contribution in [0.25, 0.3) is 11.3 Å². The van der Waals surface area contributed by atoms with Gasteiger partial charge in [-0.1, -0.05) is 12.1 Å². The zero-order chi connectivity index (χ0) is 19.3. The molecule has 0 radical (unpaired) electrons. The standard InChI is InChI=1S/C23H22FN3O/c24-20-10-8-18(9-11-20)21-6-1-7-22(26-21)19-5-3-13-27(16-19)23(28)14-17-4-2-12-25-15-17/h1-2,4,6-12,15,19H,3,5,13-14,16H2/t19-/m1/s1. The molecule has 2 aromatic heterocycles. The van der Waals surface area contributed by atoms with Gasteiger partial charge in [0.2, 0.25) is 5.91 Å². The van der Waals surface area contributed by atoms with Gasteiger partial charge >= 0.3 is 0 Å². The molecule has 0 saturated carbocycles. The topological polar surface area (TPSA) is 46.1 Å². The number of hydrogen-bond donors (Lipinski definition) is 0. The average molecular weight is 375 g/mol. The van der Waals surface area contributed by atoms with E-state index in [4.69, 9.17) is 4.98 Å². The van der Waals surface area contributed by atoms with Crippen molar-refractivity contribution < 1.29 is 9.18 Å². The third kappa shape index (κ3) is 4.25. The van der Waals surface area contributed by atoms with Crippen molar-refractivity contribution in [3.8, 4) is 11.3 Å². The summed E-state index contributed by atoms with van der Waals surface area (Å²) in [6, 6.07) is 16.1. The molecule has 4 rings (SSSR count). The van der Waals surface area contributed by atoms with Gasteiger partial charge in [-0.2, -0.15) is 0 Å². The van der Waals surface area contributed by atoms with Crippen LogP contribution < -0.4 is 0 Å². The smallest absolute Gasteiger partial charge is 0.227 e. The Kier molecular flexibility index (Phi) is 5.42. The van der Waals surface area contributed by atoms with Crippen LogP contribution in [0.1, 0.15) is 30.0 Å². The number of amides is 1. The quantitative estimate of drug-likeness (QED) is 0.685. The highest BCUT2D eigenvalue weighted by Crippen LogP contribution is 2.28. The zero-order valence-corrected chi connectivity index (χ0v) is 15.6. The summed E-state index contributed by atoms with van der Waals surface area (Å²) in [7, 11) is 0. The monoisotopic (exact) mass is 375 g/mol. The van der Waals surface area contributed by atoms with Crippen molar-refractivity contribution in [1.82, 2.24) is 14.9 Å². The lowest BCUT2D eigenvalue weighted by Gasteiger charge is -2.32. The molecule has 1 saturated heterocycles. The number of piperidine rings is 1. The molecule has 28 heavy (non-hydrogen) atoms. The molecule has 1 aromatic carbocycles. The van der Waals surface area contributed by atoms with Gasteiger partial charge in [0.25, 0.3) is 0 Å². The molecular formula is C23H22FN3O. The van der Waals surface area contributed by atoms with Crippen LogP contribution in [0.2, 0.25) is 0 Å². The van der Waals surface area contributed by atoms with Crippen molar-refractivity contribution in [3.63, 3.8) is 0 Å². The summed E-state index contributed by atoms with van der Waals surface area (Å²) >= 11 is 0. The van der Waals surface area contributed by atoms with Crippen LogP contribution in [0.15, 0.2) is 67.0 Å². The van der Waals surface area contributed by atoms with Crippen LogP contribution in [-0.2, 0) is 11.2 Å². The lowest BCUT2D eigenvalue weighted by Crippen LogP contribution is -2.40.